The van der Waals surface area contributed by atoms with Crippen LogP contribution in [0.5, 0.6) is 0 Å². The van der Waals surface area contributed by atoms with E-state index in [9.17, 15) is 4.39 Å². The summed E-state index contributed by atoms with van der Waals surface area (Å²) in [6, 6.07) is 5.37. The quantitative estimate of drug-likeness (QED) is 0.917. The minimum absolute atomic E-state index is 0. The molecule has 0 spiro atoms. The second-order valence-electron chi connectivity index (χ2n) is 4.52. The maximum atomic E-state index is 13.7. The van der Waals surface area contributed by atoms with Gasteiger partial charge in [0, 0.05) is 29.7 Å². The van der Waals surface area contributed by atoms with E-state index >= 15 is 0 Å². The highest BCUT2D eigenvalue weighted by Crippen LogP contribution is 2.25. The lowest BCUT2D eigenvalue weighted by Gasteiger charge is -2.24. The van der Waals surface area contributed by atoms with Gasteiger partial charge < -0.3 is 5.32 Å². The molecule has 1 aromatic rings. The summed E-state index contributed by atoms with van der Waals surface area (Å²) in [4.78, 5) is 2.31. The highest BCUT2D eigenvalue weighted by Gasteiger charge is 2.25. The minimum Gasteiger partial charge on any atom is -0.318 e. The van der Waals surface area contributed by atoms with Crippen LogP contribution in [-0.4, -0.2) is 31.1 Å². The highest BCUT2D eigenvalue weighted by molar-refractivity contribution is 6.31. The van der Waals surface area contributed by atoms with Crippen molar-refractivity contribution < 1.29 is 4.39 Å². The molecular weight excluding hydrogens is 274 g/mol. The fourth-order valence-corrected chi connectivity index (χ4v) is 2.68. The van der Waals surface area contributed by atoms with E-state index in [4.69, 9.17) is 11.6 Å². The van der Waals surface area contributed by atoms with Crippen LogP contribution in [0.25, 0.3) is 0 Å². The molecule has 1 fully saturated rings. The van der Waals surface area contributed by atoms with Crippen LogP contribution in [0.3, 0.4) is 0 Å². The van der Waals surface area contributed by atoms with Gasteiger partial charge in [0.25, 0.3) is 0 Å². The van der Waals surface area contributed by atoms with Crippen molar-refractivity contribution in [2.75, 3.05) is 20.1 Å². The van der Waals surface area contributed by atoms with Gasteiger partial charge in [-0.1, -0.05) is 17.7 Å². The predicted molar refractivity (Wildman–Crippen MR) is 76.0 cm³/mol. The summed E-state index contributed by atoms with van der Waals surface area (Å²) in [7, 11) is 1.95. The standard InChI is InChI=1S/C13H18ClFN2.ClH/c1-16-8-10-4-3-7-17(10)9-11-12(14)5-2-6-13(11)15;/h2,5-6,10,16H,3-4,7-9H2,1H3;1H. The van der Waals surface area contributed by atoms with Crippen molar-refractivity contribution in [2.24, 2.45) is 0 Å². The molecule has 0 bridgehead atoms. The molecule has 1 aliphatic rings. The molecule has 2 nitrogen and oxygen atoms in total. The summed E-state index contributed by atoms with van der Waals surface area (Å²) >= 11 is 6.05. The molecule has 1 N–H and O–H groups in total. The average molecular weight is 293 g/mol. The van der Waals surface area contributed by atoms with Gasteiger partial charge in [-0.2, -0.15) is 0 Å². The Morgan fingerprint density at radius 1 is 1.50 bits per heavy atom. The predicted octanol–water partition coefficient (Wildman–Crippen LogP) is 3.08. The van der Waals surface area contributed by atoms with Crippen molar-refractivity contribution in [1.82, 2.24) is 10.2 Å². The van der Waals surface area contributed by atoms with Gasteiger partial charge in [-0.25, -0.2) is 4.39 Å². The molecule has 5 heteroatoms. The number of hydrogen-bond donors (Lipinski definition) is 1. The SMILES string of the molecule is CNCC1CCCN1Cc1c(F)cccc1Cl.Cl. The Labute approximate surface area is 119 Å². The second-order valence-corrected chi connectivity index (χ2v) is 4.93. The first-order valence-corrected chi connectivity index (χ1v) is 6.41. The van der Waals surface area contributed by atoms with Crippen LogP contribution in [0.1, 0.15) is 18.4 Å². The van der Waals surface area contributed by atoms with Gasteiger partial charge in [0.15, 0.2) is 0 Å². The Balaban J connectivity index is 0.00000162. The van der Waals surface area contributed by atoms with Crippen LogP contribution in [-0.2, 0) is 6.54 Å². The Bertz CT molecular complexity index is 367. The Morgan fingerprint density at radius 3 is 2.94 bits per heavy atom. The molecule has 1 atom stereocenters. The van der Waals surface area contributed by atoms with E-state index in [1.165, 1.54) is 18.9 Å². The van der Waals surface area contributed by atoms with Gasteiger partial charge in [-0.05, 0) is 38.6 Å². The van der Waals surface area contributed by atoms with Gasteiger partial charge in [-0.15, -0.1) is 12.4 Å². The number of nitrogens with zero attached hydrogens (tertiary/aromatic N) is 1. The zero-order valence-corrected chi connectivity index (χ0v) is 12.0. The van der Waals surface area contributed by atoms with Crippen molar-refractivity contribution in [3.8, 4) is 0 Å². The average Bonchev–Trinajstić information content (AvgIpc) is 2.72. The van der Waals surface area contributed by atoms with E-state index in [0.29, 0.717) is 23.2 Å². The van der Waals surface area contributed by atoms with Gasteiger partial charge in [0.1, 0.15) is 5.82 Å². The summed E-state index contributed by atoms with van der Waals surface area (Å²) in [5.41, 5.74) is 0.622. The first-order chi connectivity index (χ1) is 8.22. The minimum atomic E-state index is -0.201. The number of nitrogens with one attached hydrogen (secondary N) is 1. The van der Waals surface area contributed by atoms with Gasteiger partial charge in [-0.3, -0.25) is 4.90 Å². The molecule has 0 aromatic heterocycles. The number of likely N-dealkylation sites (N-methyl/N-ethyl adjacent to an activating group) is 1. The van der Waals surface area contributed by atoms with Gasteiger partial charge >= 0.3 is 0 Å². The van der Waals surface area contributed by atoms with Crippen LogP contribution in [0.4, 0.5) is 4.39 Å². The smallest absolute Gasteiger partial charge is 0.129 e. The lowest BCUT2D eigenvalue weighted by Crippen LogP contribution is -2.36. The molecule has 1 saturated heterocycles. The van der Waals surface area contributed by atoms with E-state index < -0.39 is 0 Å². The molecule has 1 aromatic carbocycles. The molecular formula is C13H19Cl2FN2. The van der Waals surface area contributed by atoms with E-state index in [-0.39, 0.29) is 18.2 Å². The molecule has 0 aliphatic carbocycles. The molecule has 18 heavy (non-hydrogen) atoms. The third kappa shape index (κ3) is 3.58. The largest absolute Gasteiger partial charge is 0.318 e. The van der Waals surface area contributed by atoms with Crippen LogP contribution in [0, 0.1) is 5.82 Å². The maximum Gasteiger partial charge on any atom is 0.129 e. The van der Waals surface area contributed by atoms with E-state index in [1.54, 1.807) is 12.1 Å². The zero-order valence-electron chi connectivity index (χ0n) is 10.5. The van der Waals surface area contributed by atoms with Crippen LogP contribution < -0.4 is 5.32 Å². The first kappa shape index (κ1) is 15.7. The number of benzene rings is 1. The summed E-state index contributed by atoms with van der Waals surface area (Å²) in [6.45, 7) is 2.58. The van der Waals surface area contributed by atoms with Crippen LogP contribution >= 0.6 is 24.0 Å². The summed E-state index contributed by atoms with van der Waals surface area (Å²) in [6.07, 6.45) is 2.35. The van der Waals surface area contributed by atoms with Crippen molar-refractivity contribution >= 4 is 24.0 Å². The lowest BCUT2D eigenvalue weighted by atomic mass is 10.1. The topological polar surface area (TPSA) is 15.3 Å². The fraction of sp³-hybridized carbons (Fsp3) is 0.538. The summed E-state index contributed by atoms with van der Waals surface area (Å²) in [5.74, 6) is -0.201. The monoisotopic (exact) mass is 292 g/mol. The molecule has 0 amide bonds. The Kier molecular flexibility index (Phi) is 6.36. The maximum absolute atomic E-state index is 13.7. The van der Waals surface area contributed by atoms with Crippen LogP contribution in [0.15, 0.2) is 18.2 Å². The summed E-state index contributed by atoms with van der Waals surface area (Å²) < 4.78 is 13.7. The molecule has 2 rings (SSSR count). The second kappa shape index (κ2) is 7.29. The Morgan fingerprint density at radius 2 is 2.28 bits per heavy atom. The van der Waals surface area contributed by atoms with Crippen molar-refractivity contribution in [1.29, 1.82) is 0 Å². The van der Waals surface area contributed by atoms with E-state index in [2.05, 4.69) is 10.2 Å². The molecule has 1 heterocycles. The number of likely N-dealkylation sites (tertiary alicyclic amines) is 1. The van der Waals surface area contributed by atoms with Crippen molar-refractivity contribution in [3.05, 3.63) is 34.6 Å². The molecule has 0 radical (unpaired) electrons. The van der Waals surface area contributed by atoms with Gasteiger partial charge in [0.05, 0.1) is 0 Å². The lowest BCUT2D eigenvalue weighted by molar-refractivity contribution is 0.239. The number of hydrogen-bond acceptors (Lipinski definition) is 2. The fourth-order valence-electron chi connectivity index (χ4n) is 2.46. The highest BCUT2D eigenvalue weighted by atomic mass is 35.5. The Hall–Kier alpha value is -0.350. The van der Waals surface area contributed by atoms with Crippen LogP contribution in [0.2, 0.25) is 5.02 Å². The molecule has 1 aliphatic heterocycles. The van der Waals surface area contributed by atoms with E-state index in [0.717, 1.165) is 13.1 Å². The number of halogens is 3. The van der Waals surface area contributed by atoms with Crippen molar-refractivity contribution in [3.63, 3.8) is 0 Å². The molecule has 1 unspecified atom stereocenters. The number of rotatable bonds is 4. The zero-order chi connectivity index (χ0) is 12.3. The third-order valence-electron chi connectivity index (χ3n) is 3.36. The summed E-state index contributed by atoms with van der Waals surface area (Å²) in [5, 5.41) is 3.71. The normalized spacial score (nSPS) is 19.8. The van der Waals surface area contributed by atoms with Gasteiger partial charge in [0.2, 0.25) is 0 Å². The molecule has 102 valence electrons. The third-order valence-corrected chi connectivity index (χ3v) is 3.72. The molecule has 0 saturated carbocycles. The van der Waals surface area contributed by atoms with Crippen molar-refractivity contribution in [2.45, 2.75) is 25.4 Å². The van der Waals surface area contributed by atoms with E-state index in [1.807, 2.05) is 7.05 Å². The first-order valence-electron chi connectivity index (χ1n) is 6.04.